The zero-order valence-electron chi connectivity index (χ0n) is 58.7. The molecule has 4 aliphatic rings. The highest BCUT2D eigenvalue weighted by Gasteiger charge is 2.56. The molecule has 15 aromatic carbocycles. The molecular weight excluding hydrogens is 1330 g/mol. The van der Waals surface area contributed by atoms with Crippen LogP contribution >= 0.6 is 0 Å². The number of aromatic nitrogens is 8. The van der Waals surface area contributed by atoms with Gasteiger partial charge in [0.1, 0.15) is 16.2 Å². The van der Waals surface area contributed by atoms with Gasteiger partial charge in [0.2, 0.25) is 11.6 Å². The average Bonchev–Trinajstić information content (AvgIpc) is 1.58. The van der Waals surface area contributed by atoms with E-state index in [1.54, 1.807) is 0 Å². The van der Waals surface area contributed by atoms with E-state index in [1.807, 2.05) is 4.40 Å². The van der Waals surface area contributed by atoms with Gasteiger partial charge in [-0.3, -0.25) is 5.32 Å². The monoisotopic (exact) mass is 1390 g/mol. The molecule has 20 aromatic rings. The molecule has 5 aromatic heterocycles. The summed E-state index contributed by atoms with van der Waals surface area (Å²) in [6.45, 7) is 0. The minimum Gasteiger partial charge on any atom is -0.309 e. The first-order valence-electron chi connectivity index (χ1n) is 37.3. The van der Waals surface area contributed by atoms with Gasteiger partial charge in [0.15, 0.2) is 5.84 Å². The molecule has 0 spiro atoms. The second-order valence-electron chi connectivity index (χ2n) is 29.2. The first-order chi connectivity index (χ1) is 54.1. The van der Waals surface area contributed by atoms with Crippen LogP contribution in [0.25, 0.3) is 122 Å². The molecule has 10 heteroatoms. The highest BCUT2D eigenvalue weighted by Crippen LogP contribution is 2.59. The Hall–Kier alpha value is -14.5. The molecule has 6 heterocycles. The Kier molecular flexibility index (Phi) is 12.2. The van der Waals surface area contributed by atoms with E-state index in [0.717, 1.165) is 134 Å². The molecule has 3 aliphatic carbocycles. The number of rotatable bonds is 9. The fraction of sp³-hybridized carbons (Fsp3) is 0.0303. The summed E-state index contributed by atoms with van der Waals surface area (Å²) in [5.41, 5.74) is 22.7. The van der Waals surface area contributed by atoms with Crippen LogP contribution in [0.15, 0.2) is 369 Å². The van der Waals surface area contributed by atoms with E-state index in [0.29, 0.717) is 35.2 Å². The summed E-state index contributed by atoms with van der Waals surface area (Å²) >= 11 is 0. The molecule has 0 unspecified atom stereocenters. The molecule has 109 heavy (non-hydrogen) atoms. The summed E-state index contributed by atoms with van der Waals surface area (Å²) in [5, 5.41) is 11.4. The minimum absolute atomic E-state index is 0.387. The second kappa shape index (κ2) is 22.3. The highest BCUT2D eigenvalue weighted by atomic mass is 15.4. The van der Waals surface area contributed by atoms with Crippen LogP contribution in [0.5, 0.6) is 0 Å². The van der Waals surface area contributed by atoms with E-state index >= 15 is 0 Å². The molecule has 1 aliphatic heterocycles. The van der Waals surface area contributed by atoms with Crippen molar-refractivity contribution in [2.24, 2.45) is 4.99 Å². The molecule has 0 radical (unpaired) electrons. The first-order valence-corrected chi connectivity index (χ1v) is 37.3. The number of anilines is 1. The van der Waals surface area contributed by atoms with Crippen molar-refractivity contribution in [2.45, 2.75) is 16.2 Å². The Morgan fingerprint density at radius 3 is 0.789 bits per heavy atom. The van der Waals surface area contributed by atoms with E-state index in [9.17, 15) is 0 Å². The van der Waals surface area contributed by atoms with Crippen molar-refractivity contribution < 1.29 is 4.40 Å². The van der Waals surface area contributed by atoms with E-state index in [2.05, 4.69) is 383 Å². The molecule has 0 bridgehead atoms. The van der Waals surface area contributed by atoms with Crippen molar-refractivity contribution in [3.8, 4) is 50.4 Å². The molecular formula is C99H61N10+. The van der Waals surface area contributed by atoms with Crippen molar-refractivity contribution in [2.75, 3.05) is 5.32 Å². The van der Waals surface area contributed by atoms with Gasteiger partial charge in [-0.25, -0.2) is 0 Å². The Labute approximate surface area is 625 Å². The summed E-state index contributed by atoms with van der Waals surface area (Å²) in [6, 6.07) is 133. The lowest BCUT2D eigenvalue weighted by Gasteiger charge is -2.35. The van der Waals surface area contributed by atoms with Crippen molar-refractivity contribution in [1.29, 1.82) is 0 Å². The molecule has 24 rings (SSSR count). The maximum Gasteiger partial charge on any atom is 0.334 e. The van der Waals surface area contributed by atoms with Gasteiger partial charge in [-0.2, -0.15) is 4.40 Å². The van der Waals surface area contributed by atoms with Crippen molar-refractivity contribution in [3.63, 3.8) is 0 Å². The maximum atomic E-state index is 6.10. The van der Waals surface area contributed by atoms with Gasteiger partial charge in [0.25, 0.3) is 0 Å². The number of para-hydroxylation sites is 6. The average molecular weight is 1390 g/mol. The van der Waals surface area contributed by atoms with Crippen molar-refractivity contribution in [1.82, 2.24) is 33.6 Å². The Balaban J connectivity index is 0.795. The van der Waals surface area contributed by atoms with Crippen LogP contribution in [0.1, 0.15) is 61.7 Å². The molecule has 0 saturated carbocycles. The van der Waals surface area contributed by atoms with Gasteiger partial charge in [-0.05, 0) is 156 Å². The standard InChI is InChI=1S/C99H60N10/c1-13-37-79-67(25-1)68-26-2-14-38-80(68)97(79,61-49-55-64(56-50-61)106-85-43-19-7-31-73(85)74-32-8-20-44-86(74)106)91-100-94-102-92(98(81-39-15-3-27-69(81)70-28-4-16-40-82(70)98)62-51-57-65(58-52-62)107-87-45-21-9-33-75(87)76-34-10-22-46-88(76)107)104-96-105-93(103-95(101-91)109(94)96)99(83-41-17-5-29-71(83)72-30-6-18-42-84(72)99)63-53-59-66(60-54-63)108-89-47-23-11-35-77(89)78-36-12-24-48-90(78)108/h1-60H/p+1. The zero-order valence-corrected chi connectivity index (χ0v) is 58.7. The van der Waals surface area contributed by atoms with Crippen LogP contribution in [0.2, 0.25) is 0 Å². The van der Waals surface area contributed by atoms with Gasteiger partial charge in [-0.15, -0.1) is 24.9 Å². The largest absolute Gasteiger partial charge is 0.334 e. The van der Waals surface area contributed by atoms with E-state index < -0.39 is 16.2 Å². The third-order valence-corrected chi connectivity index (χ3v) is 24.2. The summed E-state index contributed by atoms with van der Waals surface area (Å²) in [6.07, 6.45) is 0. The number of fused-ring (bicyclic) bond motifs is 18. The third-order valence-electron chi connectivity index (χ3n) is 24.2. The topological polar surface area (TPSA) is 94.8 Å². The van der Waals surface area contributed by atoms with Crippen LogP contribution in [0.4, 0.5) is 11.9 Å². The van der Waals surface area contributed by atoms with E-state index in [1.165, 1.54) is 32.3 Å². The second-order valence-corrected chi connectivity index (χ2v) is 29.2. The fourth-order valence-corrected chi connectivity index (χ4v) is 19.8. The first kappa shape index (κ1) is 59.9. The highest BCUT2D eigenvalue weighted by molar-refractivity contribution is 6.15. The Morgan fingerprint density at radius 1 is 0.239 bits per heavy atom. The van der Waals surface area contributed by atoms with Crippen LogP contribution in [0, 0.1) is 0 Å². The molecule has 0 atom stereocenters. The molecule has 1 N–H and O–H groups in total. The normalized spacial score (nSPS) is 14.4. The number of amidine groups is 1. The number of nitrogens with zero attached hydrogens (tertiary/aromatic N) is 9. The number of benzene rings is 15. The van der Waals surface area contributed by atoms with Gasteiger partial charge in [-0.1, -0.05) is 291 Å². The zero-order chi connectivity index (χ0) is 71.3. The van der Waals surface area contributed by atoms with Crippen LogP contribution < -0.4 is 9.72 Å². The Morgan fingerprint density at radius 2 is 0.486 bits per heavy atom. The predicted octanol–water partition coefficient (Wildman–Crippen LogP) is 21.5. The van der Waals surface area contributed by atoms with Crippen LogP contribution in [-0.2, 0) is 16.2 Å². The Bertz CT molecular complexity index is 7040. The van der Waals surface area contributed by atoms with Crippen LogP contribution in [0.3, 0.4) is 0 Å². The molecule has 10 nitrogen and oxygen atoms in total. The lowest BCUT2D eigenvalue weighted by Crippen LogP contribution is -2.48. The quantitative estimate of drug-likeness (QED) is 0.145. The summed E-state index contributed by atoms with van der Waals surface area (Å²) in [7, 11) is 0. The lowest BCUT2D eigenvalue weighted by atomic mass is 9.71. The van der Waals surface area contributed by atoms with E-state index in [4.69, 9.17) is 24.9 Å². The number of hydrogen-bond acceptors (Lipinski definition) is 6. The molecule has 0 fully saturated rings. The van der Waals surface area contributed by atoms with Gasteiger partial charge < -0.3 is 13.7 Å². The third kappa shape index (κ3) is 7.87. The van der Waals surface area contributed by atoms with E-state index in [-0.39, 0.29) is 0 Å². The van der Waals surface area contributed by atoms with Gasteiger partial charge in [0, 0.05) is 49.4 Å². The number of hydrogen-bond donors (Lipinski definition) is 1. The van der Waals surface area contributed by atoms with Crippen molar-refractivity contribution >= 4 is 88.9 Å². The number of aliphatic imine (C=N–C) groups is 1. The molecule has 0 saturated heterocycles. The minimum atomic E-state index is -1.12. The summed E-state index contributed by atoms with van der Waals surface area (Å²) < 4.78 is 9.11. The SMILES string of the molecule is c1ccc2c(c1)-c1ccccc1C2(C1=Nc2nc(C3(c4ccc(-n5c6ccccc6c6ccccc65)cc4)c4ccccc4-c4ccccc43)nc3nc(C4(c5ccc(-n6c7ccccc7c7ccccc76)cc5)c5ccccc5-c5ccccc54)nc([n+]23)N1)c1ccc(-n2c3ccccc3c3ccccc32)cc1. The number of nitrogens with one attached hydrogen (secondary N) is 1. The lowest BCUT2D eigenvalue weighted by molar-refractivity contribution is -0.495. The fourth-order valence-electron chi connectivity index (χ4n) is 19.8. The van der Waals surface area contributed by atoms with Crippen molar-refractivity contribution in [3.05, 3.63) is 426 Å². The summed E-state index contributed by atoms with van der Waals surface area (Å²) in [4.78, 5) is 30.4. The maximum absolute atomic E-state index is 6.10. The smallest absolute Gasteiger partial charge is 0.309 e. The van der Waals surface area contributed by atoms with Crippen LogP contribution in [-0.4, -0.2) is 39.5 Å². The molecule has 0 amide bonds. The predicted molar refractivity (Wildman–Crippen MR) is 437 cm³/mol. The van der Waals surface area contributed by atoms with Gasteiger partial charge in [0.05, 0.1) is 33.1 Å². The summed E-state index contributed by atoms with van der Waals surface area (Å²) in [5.74, 6) is 2.96. The van der Waals surface area contributed by atoms with Gasteiger partial charge >= 0.3 is 17.7 Å². The molecule has 506 valence electrons.